The maximum atomic E-state index is 11.2. The van der Waals surface area contributed by atoms with Gasteiger partial charge in [0.05, 0.1) is 9.79 Å². The molecular weight excluding hydrogens is 374 g/mol. The van der Waals surface area contributed by atoms with Gasteiger partial charge in [-0.05, 0) is 48.2 Å². The van der Waals surface area contributed by atoms with Gasteiger partial charge < -0.3 is 9.11 Å². The van der Waals surface area contributed by atoms with Crippen LogP contribution in [0.2, 0.25) is 0 Å². The molecule has 0 unspecified atom stereocenters. The zero-order valence-corrected chi connectivity index (χ0v) is 19.4. The van der Waals surface area contributed by atoms with E-state index < -0.39 is 20.2 Å². The summed E-state index contributed by atoms with van der Waals surface area (Å²) in [6.07, 6.45) is 0. The summed E-state index contributed by atoms with van der Waals surface area (Å²) in [6, 6.07) is 8.34. The molecule has 0 heterocycles. The molecule has 0 bridgehead atoms. The van der Waals surface area contributed by atoms with E-state index in [9.17, 15) is 25.9 Å². The Labute approximate surface area is 185 Å². The van der Waals surface area contributed by atoms with Crippen molar-refractivity contribution in [1.82, 2.24) is 0 Å². The van der Waals surface area contributed by atoms with Crippen molar-refractivity contribution in [2.45, 2.75) is 23.6 Å². The number of hydrogen-bond donors (Lipinski definition) is 0. The zero-order valence-electron chi connectivity index (χ0n) is 13.7. The first-order valence-corrected chi connectivity index (χ1v) is 8.95. The molecule has 0 radical (unpaired) electrons. The van der Waals surface area contributed by atoms with Crippen molar-refractivity contribution in [3.05, 3.63) is 47.5 Å². The predicted molar refractivity (Wildman–Crippen MR) is 77.3 cm³/mol. The predicted octanol–water partition coefficient (Wildman–Crippen LogP) is -4.21. The fourth-order valence-electron chi connectivity index (χ4n) is 2.10. The van der Waals surface area contributed by atoms with Crippen LogP contribution in [-0.2, 0) is 20.2 Å². The van der Waals surface area contributed by atoms with Gasteiger partial charge in [-0.3, -0.25) is 0 Å². The Morgan fingerprint density at radius 1 is 0.667 bits per heavy atom. The van der Waals surface area contributed by atoms with Crippen LogP contribution in [-0.4, -0.2) is 25.9 Å². The van der Waals surface area contributed by atoms with E-state index in [2.05, 4.69) is 0 Å². The Kier molecular flexibility index (Phi) is 8.86. The summed E-state index contributed by atoms with van der Waals surface area (Å²) >= 11 is 0. The molecule has 0 aliphatic carbocycles. The van der Waals surface area contributed by atoms with E-state index in [4.69, 9.17) is 0 Å². The molecule has 0 saturated carbocycles. The fraction of sp³-hybridized carbons (Fsp3) is 0.143. The smallest absolute Gasteiger partial charge is 0.744 e. The average molecular weight is 386 g/mol. The summed E-state index contributed by atoms with van der Waals surface area (Å²) in [5.41, 5.74) is 1.26. The second-order valence-corrected chi connectivity index (χ2v) is 7.56. The van der Waals surface area contributed by atoms with Crippen molar-refractivity contribution in [2.75, 3.05) is 0 Å². The van der Waals surface area contributed by atoms with Crippen LogP contribution in [0.15, 0.2) is 46.2 Å². The molecule has 0 saturated heterocycles. The third kappa shape index (κ3) is 5.63. The SMILES string of the molecule is Cc1ccc(-c2ccc(C)c(S(=O)(=O)[O-])c2)cc1S(=O)(=O)[O-].[Na+].[Na+]. The summed E-state index contributed by atoms with van der Waals surface area (Å²) in [7, 11) is -9.28. The first kappa shape index (κ1) is 24.3. The first-order chi connectivity index (χ1) is 10.00. The number of rotatable bonds is 3. The topological polar surface area (TPSA) is 114 Å². The molecule has 0 amide bonds. The fourth-order valence-corrected chi connectivity index (χ4v) is 3.57. The van der Waals surface area contributed by atoms with Gasteiger partial charge in [-0.1, -0.05) is 24.3 Å². The van der Waals surface area contributed by atoms with Gasteiger partial charge in [0.25, 0.3) is 0 Å². The normalized spacial score (nSPS) is 11.3. The van der Waals surface area contributed by atoms with E-state index in [1.54, 1.807) is 12.1 Å². The molecule has 0 atom stereocenters. The van der Waals surface area contributed by atoms with E-state index in [0.29, 0.717) is 22.3 Å². The first-order valence-electron chi connectivity index (χ1n) is 6.13. The van der Waals surface area contributed by atoms with E-state index in [1.165, 1.54) is 38.1 Å². The van der Waals surface area contributed by atoms with Crippen LogP contribution in [0, 0.1) is 13.8 Å². The second-order valence-electron chi connectivity index (χ2n) is 4.87. The number of hydrogen-bond acceptors (Lipinski definition) is 6. The van der Waals surface area contributed by atoms with Crippen LogP contribution >= 0.6 is 0 Å². The Bertz CT molecular complexity index is 874. The summed E-state index contributed by atoms with van der Waals surface area (Å²) in [5.74, 6) is 0. The Morgan fingerprint density at radius 3 is 1.21 bits per heavy atom. The summed E-state index contributed by atoms with van der Waals surface area (Å²) in [4.78, 5) is -0.755. The second kappa shape index (κ2) is 8.77. The minimum absolute atomic E-state index is 0. The monoisotopic (exact) mass is 386 g/mol. The third-order valence-electron chi connectivity index (χ3n) is 3.25. The van der Waals surface area contributed by atoms with Crippen molar-refractivity contribution in [2.24, 2.45) is 0 Å². The van der Waals surface area contributed by atoms with Crippen LogP contribution in [0.1, 0.15) is 11.1 Å². The summed E-state index contributed by atoms with van der Waals surface area (Å²) < 4.78 is 67.3. The molecule has 0 aliphatic rings. The molecule has 0 N–H and O–H groups in total. The van der Waals surface area contributed by atoms with Crippen molar-refractivity contribution in [3.8, 4) is 11.1 Å². The van der Waals surface area contributed by atoms with Crippen molar-refractivity contribution < 1.29 is 85.1 Å². The van der Waals surface area contributed by atoms with Crippen molar-refractivity contribution >= 4 is 20.2 Å². The molecule has 2 aromatic carbocycles. The van der Waals surface area contributed by atoms with E-state index in [1.807, 2.05) is 0 Å². The summed E-state index contributed by atoms with van der Waals surface area (Å²) in [6.45, 7) is 2.97. The van der Waals surface area contributed by atoms with Gasteiger partial charge in [0.1, 0.15) is 20.2 Å². The van der Waals surface area contributed by atoms with Gasteiger partial charge in [0, 0.05) is 0 Å². The van der Waals surface area contributed by atoms with E-state index in [-0.39, 0.29) is 68.9 Å². The minimum atomic E-state index is -4.64. The van der Waals surface area contributed by atoms with Crippen LogP contribution in [0.4, 0.5) is 0 Å². The van der Waals surface area contributed by atoms with Gasteiger partial charge in [-0.25, -0.2) is 16.8 Å². The standard InChI is InChI=1S/C14H14O6S2.2Na/c1-9-3-5-11(7-13(9)21(15,16)17)12-6-4-10(2)14(8-12)22(18,19)20;;/h3-8H,1-2H3,(H,15,16,17)(H,18,19,20);;/q;2*+1/p-2. The molecule has 10 heteroatoms. The zero-order chi connectivity index (χ0) is 16.7. The molecular formula is C14H12Na2O6S2. The van der Waals surface area contributed by atoms with E-state index >= 15 is 0 Å². The van der Waals surface area contributed by atoms with Gasteiger partial charge in [-0.2, -0.15) is 0 Å². The third-order valence-corrected chi connectivity index (χ3v) is 5.21. The Balaban J connectivity index is 0.00000264. The molecule has 0 aromatic heterocycles. The molecule has 2 aromatic rings. The van der Waals surface area contributed by atoms with Crippen LogP contribution < -0.4 is 59.1 Å². The van der Waals surface area contributed by atoms with Gasteiger partial charge >= 0.3 is 59.1 Å². The molecule has 0 spiro atoms. The number of benzene rings is 2. The Hall–Kier alpha value is 0.260. The largest absolute Gasteiger partial charge is 1.00 e. The Morgan fingerprint density at radius 2 is 0.958 bits per heavy atom. The van der Waals surface area contributed by atoms with Crippen molar-refractivity contribution in [1.29, 1.82) is 0 Å². The molecule has 118 valence electrons. The minimum Gasteiger partial charge on any atom is -0.744 e. The molecule has 2 rings (SSSR count). The molecule has 24 heavy (non-hydrogen) atoms. The van der Waals surface area contributed by atoms with E-state index in [0.717, 1.165) is 0 Å². The quantitative estimate of drug-likeness (QED) is 0.390. The van der Waals surface area contributed by atoms with Crippen LogP contribution in [0.5, 0.6) is 0 Å². The average Bonchev–Trinajstić information content (AvgIpc) is 2.37. The number of aryl methyl sites for hydroxylation is 2. The van der Waals surface area contributed by atoms with Gasteiger partial charge in [0.15, 0.2) is 0 Å². The van der Waals surface area contributed by atoms with Crippen LogP contribution in [0.25, 0.3) is 11.1 Å². The molecule has 0 fully saturated rings. The van der Waals surface area contributed by atoms with Crippen molar-refractivity contribution in [3.63, 3.8) is 0 Å². The maximum Gasteiger partial charge on any atom is 1.00 e. The van der Waals surface area contributed by atoms with Gasteiger partial charge in [-0.15, -0.1) is 0 Å². The molecule has 6 nitrogen and oxygen atoms in total. The van der Waals surface area contributed by atoms with Gasteiger partial charge in [0.2, 0.25) is 0 Å². The summed E-state index contributed by atoms with van der Waals surface area (Å²) in [5, 5.41) is 0. The van der Waals surface area contributed by atoms with Crippen LogP contribution in [0.3, 0.4) is 0 Å². The molecule has 0 aliphatic heterocycles. The maximum absolute atomic E-state index is 11.2.